The highest BCUT2D eigenvalue weighted by molar-refractivity contribution is 6.00. The zero-order chi connectivity index (χ0) is 10.6. The van der Waals surface area contributed by atoms with Crippen LogP contribution in [0.25, 0.3) is 0 Å². The molecular weight excluding hydrogens is 212 g/mol. The van der Waals surface area contributed by atoms with Crippen LogP contribution in [-0.2, 0) is 0 Å². The van der Waals surface area contributed by atoms with E-state index >= 15 is 0 Å². The molecule has 82 valence electrons. The molecular formula is C10H15ClN4. The molecule has 0 aliphatic heterocycles. The maximum absolute atomic E-state index is 5.18. The van der Waals surface area contributed by atoms with Crippen molar-refractivity contribution in [3.63, 3.8) is 0 Å². The minimum Gasteiger partial charge on any atom is -0.369 e. The fourth-order valence-electron chi connectivity index (χ4n) is 1.17. The number of aryl methyl sites for hydroxylation is 1. The average molecular weight is 227 g/mol. The first-order valence-electron chi connectivity index (χ1n) is 4.30. The lowest BCUT2D eigenvalue weighted by Crippen LogP contribution is -2.22. The monoisotopic (exact) mass is 226 g/mol. The van der Waals surface area contributed by atoms with Gasteiger partial charge in [0, 0.05) is 5.56 Å². The Morgan fingerprint density at radius 1 is 1.13 bits per heavy atom. The van der Waals surface area contributed by atoms with Gasteiger partial charge >= 0.3 is 0 Å². The Bertz CT molecular complexity index is 381. The van der Waals surface area contributed by atoms with Gasteiger partial charge < -0.3 is 11.5 Å². The Kier molecular flexibility index (Phi) is 5.41. The summed E-state index contributed by atoms with van der Waals surface area (Å²) in [7, 11) is 0. The van der Waals surface area contributed by atoms with E-state index in [1.807, 2.05) is 38.1 Å². The third-order valence-electron chi connectivity index (χ3n) is 1.85. The highest BCUT2D eigenvalue weighted by Crippen LogP contribution is 2.08. The van der Waals surface area contributed by atoms with Crippen molar-refractivity contribution >= 4 is 24.1 Å². The summed E-state index contributed by atoms with van der Waals surface area (Å²) in [4.78, 5) is 0. The summed E-state index contributed by atoms with van der Waals surface area (Å²) in [5.41, 5.74) is 13.4. The molecule has 0 aliphatic rings. The number of guanidine groups is 1. The first kappa shape index (κ1) is 13.5. The van der Waals surface area contributed by atoms with Crippen molar-refractivity contribution in [1.29, 1.82) is 0 Å². The Balaban J connectivity index is 0.00000196. The van der Waals surface area contributed by atoms with Crippen molar-refractivity contribution < 1.29 is 0 Å². The van der Waals surface area contributed by atoms with Crippen molar-refractivity contribution in [3.8, 4) is 0 Å². The van der Waals surface area contributed by atoms with Gasteiger partial charge in [-0.15, -0.1) is 17.5 Å². The molecule has 1 aromatic carbocycles. The fourth-order valence-corrected chi connectivity index (χ4v) is 1.17. The maximum Gasteiger partial charge on any atom is 0.211 e. The van der Waals surface area contributed by atoms with E-state index in [1.165, 1.54) is 0 Å². The van der Waals surface area contributed by atoms with Crippen LogP contribution in [0.3, 0.4) is 0 Å². The predicted molar refractivity (Wildman–Crippen MR) is 66.4 cm³/mol. The Morgan fingerprint density at radius 2 is 1.73 bits per heavy atom. The smallest absolute Gasteiger partial charge is 0.211 e. The number of benzene rings is 1. The van der Waals surface area contributed by atoms with E-state index in [1.54, 1.807) is 0 Å². The molecule has 0 amide bonds. The topological polar surface area (TPSA) is 76.8 Å². The zero-order valence-corrected chi connectivity index (χ0v) is 9.58. The Hall–Kier alpha value is -1.55. The van der Waals surface area contributed by atoms with E-state index in [0.717, 1.165) is 16.8 Å². The molecule has 1 rings (SSSR count). The molecule has 0 bridgehead atoms. The number of nitrogens with zero attached hydrogens (tertiary/aromatic N) is 2. The van der Waals surface area contributed by atoms with Crippen LogP contribution in [0.2, 0.25) is 0 Å². The first-order valence-corrected chi connectivity index (χ1v) is 4.30. The lowest BCUT2D eigenvalue weighted by atomic mass is 10.1. The van der Waals surface area contributed by atoms with Gasteiger partial charge in [-0.2, -0.15) is 5.10 Å². The summed E-state index contributed by atoms with van der Waals surface area (Å²) in [5.74, 6) is -0.0297. The SMILES string of the molecule is C/C(=N\N=C(N)N)c1ccccc1C.Cl. The van der Waals surface area contributed by atoms with Crippen LogP contribution in [0.15, 0.2) is 34.5 Å². The number of nitrogens with two attached hydrogens (primary N) is 2. The van der Waals surface area contributed by atoms with E-state index in [9.17, 15) is 0 Å². The van der Waals surface area contributed by atoms with Gasteiger partial charge in [0.25, 0.3) is 0 Å². The molecule has 0 saturated carbocycles. The summed E-state index contributed by atoms with van der Waals surface area (Å²) in [5, 5.41) is 7.51. The van der Waals surface area contributed by atoms with Crippen LogP contribution in [0, 0.1) is 6.92 Å². The minimum atomic E-state index is -0.0297. The minimum absolute atomic E-state index is 0. The standard InChI is InChI=1S/C10H14N4.ClH/c1-7-5-3-4-6-9(7)8(2)13-14-10(11)12;/h3-6H,1-2H3,(H4,11,12,14);1H/b13-8+;. The summed E-state index contributed by atoms with van der Waals surface area (Å²) < 4.78 is 0. The van der Waals surface area contributed by atoms with Crippen LogP contribution in [-0.4, -0.2) is 11.7 Å². The van der Waals surface area contributed by atoms with E-state index in [4.69, 9.17) is 11.5 Å². The molecule has 0 aliphatic carbocycles. The third kappa shape index (κ3) is 3.99. The van der Waals surface area contributed by atoms with Gasteiger partial charge in [0.1, 0.15) is 0 Å². The van der Waals surface area contributed by atoms with Crippen molar-refractivity contribution in [1.82, 2.24) is 0 Å². The van der Waals surface area contributed by atoms with E-state index in [-0.39, 0.29) is 18.4 Å². The van der Waals surface area contributed by atoms with Crippen LogP contribution in [0.1, 0.15) is 18.1 Å². The van der Waals surface area contributed by atoms with Gasteiger partial charge in [-0.3, -0.25) is 0 Å². The van der Waals surface area contributed by atoms with Gasteiger partial charge in [-0.25, -0.2) is 0 Å². The summed E-state index contributed by atoms with van der Waals surface area (Å²) in [6.45, 7) is 3.89. The van der Waals surface area contributed by atoms with Crippen molar-refractivity contribution in [2.24, 2.45) is 21.7 Å². The molecule has 4 N–H and O–H groups in total. The molecule has 5 heteroatoms. The third-order valence-corrected chi connectivity index (χ3v) is 1.85. The summed E-state index contributed by atoms with van der Waals surface area (Å²) in [6.07, 6.45) is 0. The molecule has 0 atom stereocenters. The van der Waals surface area contributed by atoms with Crippen LogP contribution >= 0.6 is 12.4 Å². The molecule has 15 heavy (non-hydrogen) atoms. The molecule has 0 unspecified atom stereocenters. The lowest BCUT2D eigenvalue weighted by molar-refractivity contribution is 1.19. The summed E-state index contributed by atoms with van der Waals surface area (Å²) >= 11 is 0. The maximum atomic E-state index is 5.18. The predicted octanol–water partition coefficient (Wildman–Crippen LogP) is 1.41. The normalized spacial score (nSPS) is 10.4. The molecule has 0 saturated heterocycles. The van der Waals surface area contributed by atoms with Crippen molar-refractivity contribution in [3.05, 3.63) is 35.4 Å². The second kappa shape index (κ2) is 6.03. The average Bonchev–Trinajstić information content (AvgIpc) is 2.15. The lowest BCUT2D eigenvalue weighted by Gasteiger charge is -2.02. The molecule has 0 aromatic heterocycles. The molecule has 4 nitrogen and oxygen atoms in total. The molecule has 1 aromatic rings. The van der Waals surface area contributed by atoms with Gasteiger partial charge in [-0.05, 0) is 19.4 Å². The molecule has 0 fully saturated rings. The van der Waals surface area contributed by atoms with Gasteiger partial charge in [0.15, 0.2) is 0 Å². The largest absolute Gasteiger partial charge is 0.369 e. The fraction of sp³-hybridized carbons (Fsp3) is 0.200. The Labute approximate surface area is 95.5 Å². The molecule has 0 spiro atoms. The number of rotatable bonds is 2. The van der Waals surface area contributed by atoms with E-state index in [0.29, 0.717) is 0 Å². The van der Waals surface area contributed by atoms with Gasteiger partial charge in [0.05, 0.1) is 5.71 Å². The highest BCUT2D eigenvalue weighted by atomic mass is 35.5. The van der Waals surface area contributed by atoms with Crippen LogP contribution in [0.5, 0.6) is 0 Å². The second-order valence-corrected chi connectivity index (χ2v) is 3.03. The highest BCUT2D eigenvalue weighted by Gasteiger charge is 1.99. The number of hydrogen-bond donors (Lipinski definition) is 2. The van der Waals surface area contributed by atoms with Crippen molar-refractivity contribution in [2.75, 3.05) is 0 Å². The van der Waals surface area contributed by atoms with Gasteiger partial charge in [0.2, 0.25) is 5.96 Å². The summed E-state index contributed by atoms with van der Waals surface area (Å²) in [6, 6.07) is 7.93. The second-order valence-electron chi connectivity index (χ2n) is 3.03. The number of halogens is 1. The zero-order valence-electron chi connectivity index (χ0n) is 8.77. The van der Waals surface area contributed by atoms with Crippen LogP contribution < -0.4 is 11.5 Å². The van der Waals surface area contributed by atoms with Crippen molar-refractivity contribution in [2.45, 2.75) is 13.8 Å². The quantitative estimate of drug-likeness (QED) is 0.455. The molecule has 0 radical (unpaired) electrons. The molecule has 0 heterocycles. The number of hydrogen-bond acceptors (Lipinski definition) is 2. The first-order chi connectivity index (χ1) is 6.61. The Morgan fingerprint density at radius 3 is 2.27 bits per heavy atom. The van der Waals surface area contributed by atoms with E-state index < -0.39 is 0 Å². The van der Waals surface area contributed by atoms with Crippen LogP contribution in [0.4, 0.5) is 0 Å². The van der Waals surface area contributed by atoms with E-state index in [2.05, 4.69) is 10.2 Å². The van der Waals surface area contributed by atoms with Gasteiger partial charge in [-0.1, -0.05) is 24.3 Å².